The molecule has 2 aromatic rings. The molecule has 9 heteroatoms. The van der Waals surface area contributed by atoms with Gasteiger partial charge in [-0.1, -0.05) is 18.2 Å². The Hall–Kier alpha value is -2.84. The molecule has 0 bridgehead atoms. The quantitative estimate of drug-likeness (QED) is 0.854. The summed E-state index contributed by atoms with van der Waals surface area (Å²) in [7, 11) is 0. The highest BCUT2D eigenvalue weighted by molar-refractivity contribution is 5.90. The van der Waals surface area contributed by atoms with Crippen LogP contribution in [0.5, 0.6) is 0 Å². The van der Waals surface area contributed by atoms with Crippen LogP contribution in [0, 0.1) is 0 Å². The number of primary amides is 1. The maximum Gasteiger partial charge on any atom is 0.416 e. The number of H-pyrrole nitrogens is 1. The molecule has 1 aromatic heterocycles. The molecular weight excluding hydrogens is 361 g/mol. The standard InChI is InChI=1S/C18H19F3N4O2/c19-18(20,21)12-5-3-4-11(8-12)9-16(26)25-7-2-1-6-15(25)13-10-14(17(22)27)24-23-13/h3-5,8,10,15H,1-2,6-7,9H2,(H2,22,27)(H,23,24). The van der Waals surface area contributed by atoms with Gasteiger partial charge in [0.25, 0.3) is 5.91 Å². The molecule has 1 aliphatic rings. The molecule has 3 rings (SSSR count). The number of alkyl halides is 3. The van der Waals surface area contributed by atoms with Crippen LogP contribution in [0.15, 0.2) is 30.3 Å². The van der Waals surface area contributed by atoms with Crippen molar-refractivity contribution >= 4 is 11.8 Å². The first-order valence-electron chi connectivity index (χ1n) is 8.56. The van der Waals surface area contributed by atoms with E-state index >= 15 is 0 Å². The van der Waals surface area contributed by atoms with Gasteiger partial charge in [-0.15, -0.1) is 0 Å². The summed E-state index contributed by atoms with van der Waals surface area (Å²) >= 11 is 0. The fraction of sp³-hybridized carbons (Fsp3) is 0.389. The van der Waals surface area contributed by atoms with Crippen molar-refractivity contribution in [3.63, 3.8) is 0 Å². The number of hydrogen-bond donors (Lipinski definition) is 2. The van der Waals surface area contributed by atoms with E-state index in [1.807, 2.05) is 0 Å². The minimum Gasteiger partial charge on any atom is -0.364 e. The van der Waals surface area contributed by atoms with Gasteiger partial charge in [0.05, 0.1) is 23.7 Å². The lowest BCUT2D eigenvalue weighted by Crippen LogP contribution is -2.39. The topological polar surface area (TPSA) is 92.1 Å². The van der Waals surface area contributed by atoms with Crippen molar-refractivity contribution in [2.24, 2.45) is 5.73 Å². The summed E-state index contributed by atoms with van der Waals surface area (Å²) in [6.07, 6.45) is -2.20. The van der Waals surface area contributed by atoms with E-state index in [1.54, 1.807) is 4.90 Å². The van der Waals surface area contributed by atoms with E-state index in [0.717, 1.165) is 25.0 Å². The Bertz CT molecular complexity index is 847. The van der Waals surface area contributed by atoms with Crippen molar-refractivity contribution < 1.29 is 22.8 Å². The van der Waals surface area contributed by atoms with Gasteiger partial charge in [0.2, 0.25) is 5.91 Å². The van der Waals surface area contributed by atoms with E-state index in [1.165, 1.54) is 18.2 Å². The second-order valence-corrected chi connectivity index (χ2v) is 6.55. The summed E-state index contributed by atoms with van der Waals surface area (Å²) in [5.74, 6) is -0.940. The number of rotatable bonds is 4. The largest absolute Gasteiger partial charge is 0.416 e. The molecular formula is C18H19F3N4O2. The number of aromatic amines is 1. The smallest absolute Gasteiger partial charge is 0.364 e. The Morgan fingerprint density at radius 2 is 2.04 bits per heavy atom. The maximum absolute atomic E-state index is 12.9. The number of nitrogens with two attached hydrogens (primary N) is 1. The highest BCUT2D eigenvalue weighted by Crippen LogP contribution is 2.32. The normalized spacial score (nSPS) is 17.7. The van der Waals surface area contributed by atoms with Crippen LogP contribution in [-0.2, 0) is 17.4 Å². The third-order valence-corrected chi connectivity index (χ3v) is 4.64. The lowest BCUT2D eigenvalue weighted by Gasteiger charge is -2.35. The molecule has 144 valence electrons. The van der Waals surface area contributed by atoms with Crippen LogP contribution in [0.25, 0.3) is 0 Å². The zero-order chi connectivity index (χ0) is 19.6. The molecule has 2 heterocycles. The van der Waals surface area contributed by atoms with Gasteiger partial charge in [0, 0.05) is 6.54 Å². The number of halogens is 3. The zero-order valence-corrected chi connectivity index (χ0v) is 14.4. The molecule has 2 amide bonds. The number of likely N-dealkylation sites (tertiary alicyclic amines) is 1. The van der Waals surface area contributed by atoms with Crippen LogP contribution in [0.1, 0.15) is 52.6 Å². The summed E-state index contributed by atoms with van der Waals surface area (Å²) in [4.78, 5) is 25.6. The molecule has 1 aromatic carbocycles. The number of carbonyl (C=O) groups is 2. The lowest BCUT2D eigenvalue weighted by molar-refractivity contribution is -0.138. The van der Waals surface area contributed by atoms with E-state index in [0.29, 0.717) is 24.2 Å². The third kappa shape index (κ3) is 4.29. The molecule has 1 atom stereocenters. The summed E-state index contributed by atoms with van der Waals surface area (Å²) in [6, 6.07) is 5.99. The first kappa shape index (κ1) is 18.9. The van der Waals surface area contributed by atoms with Crippen LogP contribution in [0.3, 0.4) is 0 Å². The Labute approximate surface area is 153 Å². The van der Waals surface area contributed by atoms with Gasteiger partial charge in [-0.3, -0.25) is 14.7 Å². The zero-order valence-electron chi connectivity index (χ0n) is 14.4. The van der Waals surface area contributed by atoms with E-state index in [-0.39, 0.29) is 24.1 Å². The van der Waals surface area contributed by atoms with Crippen molar-refractivity contribution in [3.8, 4) is 0 Å². The van der Waals surface area contributed by atoms with Gasteiger partial charge in [0.15, 0.2) is 0 Å². The van der Waals surface area contributed by atoms with Gasteiger partial charge in [-0.25, -0.2) is 0 Å². The van der Waals surface area contributed by atoms with Crippen molar-refractivity contribution in [1.82, 2.24) is 15.1 Å². The second kappa shape index (κ2) is 7.42. The fourth-order valence-electron chi connectivity index (χ4n) is 3.32. The number of amides is 2. The number of aromatic nitrogens is 2. The number of benzene rings is 1. The first-order valence-corrected chi connectivity index (χ1v) is 8.56. The van der Waals surface area contributed by atoms with Gasteiger partial charge < -0.3 is 10.6 Å². The summed E-state index contributed by atoms with van der Waals surface area (Å²) in [5.41, 5.74) is 5.42. The van der Waals surface area contributed by atoms with E-state index < -0.39 is 17.6 Å². The molecule has 0 spiro atoms. The molecule has 27 heavy (non-hydrogen) atoms. The van der Waals surface area contributed by atoms with Crippen molar-refractivity contribution in [1.29, 1.82) is 0 Å². The number of nitrogens with one attached hydrogen (secondary N) is 1. The molecule has 0 saturated carbocycles. The molecule has 0 aliphatic carbocycles. The predicted molar refractivity (Wildman–Crippen MR) is 90.6 cm³/mol. The van der Waals surface area contributed by atoms with Crippen molar-refractivity contribution in [3.05, 3.63) is 52.8 Å². The van der Waals surface area contributed by atoms with Crippen LogP contribution >= 0.6 is 0 Å². The van der Waals surface area contributed by atoms with Gasteiger partial charge in [-0.2, -0.15) is 18.3 Å². The lowest BCUT2D eigenvalue weighted by atomic mass is 9.97. The first-order chi connectivity index (χ1) is 12.8. The van der Waals surface area contributed by atoms with Crippen molar-refractivity contribution in [2.45, 2.75) is 37.9 Å². The maximum atomic E-state index is 12.9. The van der Waals surface area contributed by atoms with Crippen LogP contribution in [0.2, 0.25) is 0 Å². The van der Waals surface area contributed by atoms with Gasteiger partial charge in [-0.05, 0) is 37.0 Å². The molecule has 3 N–H and O–H groups in total. The number of piperidine rings is 1. The number of carbonyl (C=O) groups excluding carboxylic acids is 2. The van der Waals surface area contributed by atoms with Crippen LogP contribution < -0.4 is 5.73 Å². The van der Waals surface area contributed by atoms with E-state index in [9.17, 15) is 22.8 Å². The Morgan fingerprint density at radius 1 is 1.26 bits per heavy atom. The molecule has 1 saturated heterocycles. The number of nitrogens with zero attached hydrogens (tertiary/aromatic N) is 2. The second-order valence-electron chi connectivity index (χ2n) is 6.55. The highest BCUT2D eigenvalue weighted by atomic mass is 19.4. The molecule has 6 nitrogen and oxygen atoms in total. The average Bonchev–Trinajstić information content (AvgIpc) is 3.11. The molecule has 1 fully saturated rings. The van der Waals surface area contributed by atoms with Crippen LogP contribution in [0.4, 0.5) is 13.2 Å². The fourth-order valence-corrected chi connectivity index (χ4v) is 3.32. The number of hydrogen-bond acceptors (Lipinski definition) is 3. The molecule has 0 radical (unpaired) electrons. The predicted octanol–water partition coefficient (Wildman–Crippen LogP) is 2.82. The Morgan fingerprint density at radius 3 is 2.70 bits per heavy atom. The molecule has 1 aliphatic heterocycles. The SMILES string of the molecule is NC(=O)c1cc(C2CCCCN2C(=O)Cc2cccc(C(F)(F)F)c2)[nH]n1. The monoisotopic (exact) mass is 380 g/mol. The minimum absolute atomic E-state index is 0.0841. The summed E-state index contributed by atoms with van der Waals surface area (Å²) in [6.45, 7) is 0.493. The highest BCUT2D eigenvalue weighted by Gasteiger charge is 2.32. The summed E-state index contributed by atoms with van der Waals surface area (Å²) in [5, 5.41) is 6.59. The van der Waals surface area contributed by atoms with Gasteiger partial charge in [0.1, 0.15) is 5.69 Å². The average molecular weight is 380 g/mol. The third-order valence-electron chi connectivity index (χ3n) is 4.64. The van der Waals surface area contributed by atoms with Crippen LogP contribution in [-0.4, -0.2) is 33.5 Å². The Balaban J connectivity index is 1.78. The minimum atomic E-state index is -4.45. The Kier molecular flexibility index (Phi) is 5.20. The van der Waals surface area contributed by atoms with E-state index in [4.69, 9.17) is 5.73 Å². The van der Waals surface area contributed by atoms with Crippen molar-refractivity contribution in [2.75, 3.05) is 6.54 Å². The van der Waals surface area contributed by atoms with E-state index in [2.05, 4.69) is 10.2 Å². The van der Waals surface area contributed by atoms with Gasteiger partial charge >= 0.3 is 6.18 Å². The molecule has 1 unspecified atom stereocenters. The summed E-state index contributed by atoms with van der Waals surface area (Å²) < 4.78 is 38.6.